The monoisotopic (exact) mass is 496 g/mol. The summed E-state index contributed by atoms with van der Waals surface area (Å²) in [6, 6.07) is 7.52. The van der Waals surface area contributed by atoms with E-state index in [-0.39, 0.29) is 5.91 Å². The molecule has 4 nitrogen and oxygen atoms in total. The lowest BCUT2D eigenvalue weighted by atomic mass is 10.0. The second kappa shape index (κ2) is 9.61. The van der Waals surface area contributed by atoms with Crippen LogP contribution < -0.4 is 0 Å². The summed E-state index contributed by atoms with van der Waals surface area (Å²) in [7, 11) is 0. The minimum atomic E-state index is -0.0922. The standard InChI is InChI=1S/C22H23BrCl2N2O2/c1-13-10-16(23)11-14(2)21(13)26-15(3)12-18-19(24)5-4-17(20(18)25)22(28)27-6-8-29-9-7-27/h4-5,10-11H,6-9,12H2,1-3H3/b26-15+. The zero-order chi connectivity index (χ0) is 21.1. The van der Waals surface area contributed by atoms with E-state index in [1.807, 2.05) is 32.9 Å². The predicted octanol–water partition coefficient (Wildman–Crippen LogP) is 6.18. The summed E-state index contributed by atoms with van der Waals surface area (Å²) >= 11 is 16.6. The van der Waals surface area contributed by atoms with E-state index in [1.165, 1.54) is 0 Å². The van der Waals surface area contributed by atoms with E-state index in [9.17, 15) is 4.79 Å². The number of carbonyl (C=O) groups excluding carboxylic acids is 1. The van der Waals surface area contributed by atoms with E-state index < -0.39 is 0 Å². The fourth-order valence-electron chi connectivity index (χ4n) is 3.43. The maximum atomic E-state index is 12.9. The third-order valence-electron chi connectivity index (χ3n) is 4.91. The van der Waals surface area contributed by atoms with Gasteiger partial charge in [-0.1, -0.05) is 39.1 Å². The third-order valence-corrected chi connectivity index (χ3v) is 6.15. The molecule has 1 saturated heterocycles. The van der Waals surface area contributed by atoms with Crippen LogP contribution in [0.25, 0.3) is 0 Å². The third kappa shape index (κ3) is 5.21. The molecular weight excluding hydrogens is 475 g/mol. The topological polar surface area (TPSA) is 41.9 Å². The molecule has 0 unspecified atom stereocenters. The Labute approximate surface area is 190 Å². The fraction of sp³-hybridized carbons (Fsp3) is 0.364. The van der Waals surface area contributed by atoms with Crippen LogP contribution in [-0.4, -0.2) is 42.8 Å². The van der Waals surface area contributed by atoms with E-state index in [2.05, 4.69) is 15.9 Å². The molecular formula is C22H23BrCl2N2O2. The summed E-state index contributed by atoms with van der Waals surface area (Å²) in [5, 5.41) is 0.931. The molecule has 1 heterocycles. The van der Waals surface area contributed by atoms with E-state index in [1.54, 1.807) is 17.0 Å². The van der Waals surface area contributed by atoms with Crippen LogP contribution in [0, 0.1) is 13.8 Å². The molecule has 0 saturated carbocycles. The van der Waals surface area contributed by atoms with Crippen LogP contribution in [0.15, 0.2) is 33.7 Å². The van der Waals surface area contributed by atoms with Crippen molar-refractivity contribution < 1.29 is 9.53 Å². The Kier molecular flexibility index (Phi) is 7.38. The van der Waals surface area contributed by atoms with Crippen molar-refractivity contribution in [3.05, 3.63) is 61.0 Å². The van der Waals surface area contributed by atoms with Gasteiger partial charge in [0, 0.05) is 34.7 Å². The molecule has 0 bridgehead atoms. The number of rotatable bonds is 4. The first-order chi connectivity index (χ1) is 13.8. The summed E-state index contributed by atoms with van der Waals surface area (Å²) in [6.07, 6.45) is 0.469. The summed E-state index contributed by atoms with van der Waals surface area (Å²) in [5.74, 6) is -0.0922. The molecule has 7 heteroatoms. The van der Waals surface area contributed by atoms with Crippen molar-refractivity contribution in [2.45, 2.75) is 27.2 Å². The Morgan fingerprint density at radius 3 is 2.41 bits per heavy atom. The summed E-state index contributed by atoms with van der Waals surface area (Å²) in [4.78, 5) is 19.5. The number of hydrogen-bond donors (Lipinski definition) is 0. The van der Waals surface area contributed by atoms with Crippen molar-refractivity contribution in [3.63, 3.8) is 0 Å². The summed E-state index contributed by atoms with van der Waals surface area (Å²) in [5.41, 5.74) is 5.18. The highest BCUT2D eigenvalue weighted by molar-refractivity contribution is 9.10. The van der Waals surface area contributed by atoms with Gasteiger partial charge in [0.25, 0.3) is 5.91 Å². The van der Waals surface area contributed by atoms with Crippen molar-refractivity contribution in [2.24, 2.45) is 4.99 Å². The number of hydrogen-bond acceptors (Lipinski definition) is 3. The Morgan fingerprint density at radius 1 is 1.17 bits per heavy atom. The highest BCUT2D eigenvalue weighted by atomic mass is 79.9. The number of amides is 1. The van der Waals surface area contributed by atoms with Crippen LogP contribution in [0.1, 0.15) is 34.0 Å². The zero-order valence-corrected chi connectivity index (χ0v) is 19.8. The summed E-state index contributed by atoms with van der Waals surface area (Å²) in [6.45, 7) is 8.23. The molecule has 3 rings (SSSR count). The van der Waals surface area contributed by atoms with Gasteiger partial charge in [0.15, 0.2) is 0 Å². The maximum absolute atomic E-state index is 12.9. The molecule has 1 aliphatic heterocycles. The van der Waals surface area contributed by atoms with Crippen LogP contribution in [0.2, 0.25) is 10.0 Å². The van der Waals surface area contributed by atoms with Gasteiger partial charge in [-0.15, -0.1) is 0 Å². The number of aliphatic imine (C=N–C) groups is 1. The average Bonchev–Trinajstić information content (AvgIpc) is 2.68. The molecule has 29 heavy (non-hydrogen) atoms. The smallest absolute Gasteiger partial charge is 0.255 e. The number of nitrogens with zero attached hydrogens (tertiary/aromatic N) is 2. The largest absolute Gasteiger partial charge is 0.378 e. The van der Waals surface area contributed by atoms with Crippen molar-refractivity contribution in [1.82, 2.24) is 4.90 Å². The Morgan fingerprint density at radius 2 is 1.79 bits per heavy atom. The van der Waals surface area contributed by atoms with Gasteiger partial charge in [-0.3, -0.25) is 9.79 Å². The van der Waals surface area contributed by atoms with E-state index in [0.29, 0.717) is 48.3 Å². The van der Waals surface area contributed by atoms with Crippen LogP contribution in [0.3, 0.4) is 0 Å². The molecule has 0 aliphatic carbocycles. The highest BCUT2D eigenvalue weighted by Crippen LogP contribution is 2.32. The van der Waals surface area contributed by atoms with Crippen molar-refractivity contribution in [1.29, 1.82) is 0 Å². The van der Waals surface area contributed by atoms with Crippen molar-refractivity contribution in [3.8, 4) is 0 Å². The lowest BCUT2D eigenvalue weighted by Crippen LogP contribution is -2.40. The molecule has 2 aromatic rings. The molecule has 0 atom stereocenters. The van der Waals surface area contributed by atoms with E-state index >= 15 is 0 Å². The quantitative estimate of drug-likeness (QED) is 0.473. The lowest BCUT2D eigenvalue weighted by Gasteiger charge is -2.27. The van der Waals surface area contributed by atoms with Gasteiger partial charge in [0.2, 0.25) is 0 Å². The van der Waals surface area contributed by atoms with E-state index in [0.717, 1.165) is 32.6 Å². The van der Waals surface area contributed by atoms with Crippen molar-refractivity contribution in [2.75, 3.05) is 26.3 Å². The van der Waals surface area contributed by atoms with Gasteiger partial charge < -0.3 is 9.64 Å². The number of aryl methyl sites for hydroxylation is 2. The minimum absolute atomic E-state index is 0.0922. The minimum Gasteiger partial charge on any atom is -0.378 e. The lowest BCUT2D eigenvalue weighted by molar-refractivity contribution is 0.0303. The zero-order valence-electron chi connectivity index (χ0n) is 16.7. The van der Waals surface area contributed by atoms with Crippen LogP contribution in [0.4, 0.5) is 5.69 Å². The van der Waals surface area contributed by atoms with Gasteiger partial charge in [-0.05, 0) is 61.7 Å². The first-order valence-corrected chi connectivity index (χ1v) is 11.0. The van der Waals surface area contributed by atoms with Gasteiger partial charge in [-0.25, -0.2) is 0 Å². The Bertz CT molecular complexity index is 947. The van der Waals surface area contributed by atoms with Gasteiger partial charge >= 0.3 is 0 Å². The number of halogens is 3. The second-order valence-corrected chi connectivity index (χ2v) is 8.90. The molecule has 1 aliphatic rings. The SMILES string of the molecule is C/C(Cc1c(Cl)ccc(C(=O)N2CCOCC2)c1Cl)=N\c1c(C)cc(Br)cc1C. The van der Waals surface area contributed by atoms with Crippen LogP contribution in [-0.2, 0) is 11.2 Å². The number of morpholine rings is 1. The molecule has 2 aromatic carbocycles. The first kappa shape index (κ1) is 22.3. The molecule has 0 aromatic heterocycles. The van der Waals surface area contributed by atoms with Crippen LogP contribution in [0.5, 0.6) is 0 Å². The van der Waals surface area contributed by atoms with Gasteiger partial charge in [0.05, 0.1) is 29.5 Å². The molecule has 1 amide bonds. The Balaban J connectivity index is 1.90. The molecule has 154 valence electrons. The van der Waals surface area contributed by atoms with Crippen molar-refractivity contribution >= 4 is 56.4 Å². The number of carbonyl (C=O) groups is 1. The fourth-order valence-corrected chi connectivity index (χ4v) is 4.70. The molecule has 0 N–H and O–H groups in total. The normalized spacial score (nSPS) is 15.0. The Hall–Kier alpha value is -1.40. The second-order valence-electron chi connectivity index (χ2n) is 7.20. The predicted molar refractivity (Wildman–Crippen MR) is 123 cm³/mol. The molecule has 0 spiro atoms. The first-order valence-electron chi connectivity index (χ1n) is 9.42. The summed E-state index contributed by atoms with van der Waals surface area (Å²) < 4.78 is 6.36. The highest BCUT2D eigenvalue weighted by Gasteiger charge is 2.23. The van der Waals surface area contributed by atoms with Crippen LogP contribution >= 0.6 is 39.1 Å². The average molecular weight is 498 g/mol. The van der Waals surface area contributed by atoms with Gasteiger partial charge in [-0.2, -0.15) is 0 Å². The number of benzene rings is 2. The molecule has 1 fully saturated rings. The molecule has 0 radical (unpaired) electrons. The maximum Gasteiger partial charge on any atom is 0.255 e. The number of ether oxygens (including phenoxy) is 1. The van der Waals surface area contributed by atoms with E-state index in [4.69, 9.17) is 32.9 Å². The van der Waals surface area contributed by atoms with Gasteiger partial charge in [0.1, 0.15) is 0 Å².